The molecule has 9 heteroatoms. The number of carbonyl (C=O) groups is 2. The fourth-order valence-electron chi connectivity index (χ4n) is 1.41. The standard InChI is InChI=1S/C10H11N5O4/c1-5-2-3-11-10-13-7(14-15(5)10)8(17)12-6(4-16)9(18)19/h2-3,6,16H,4H2,1H3,(H,12,17)(H,18,19). The number of nitrogens with zero attached hydrogens (tertiary/aromatic N) is 4. The van der Waals surface area contributed by atoms with Crippen LogP contribution in [0.3, 0.4) is 0 Å². The molecule has 0 aliphatic rings. The third kappa shape index (κ3) is 2.50. The highest BCUT2D eigenvalue weighted by molar-refractivity contribution is 5.93. The third-order valence-corrected chi connectivity index (χ3v) is 2.42. The largest absolute Gasteiger partial charge is 0.480 e. The van der Waals surface area contributed by atoms with E-state index in [1.165, 1.54) is 10.7 Å². The Morgan fingerprint density at radius 2 is 2.26 bits per heavy atom. The summed E-state index contributed by atoms with van der Waals surface area (Å²) < 4.78 is 1.36. The Bertz CT molecular complexity index is 638. The Labute approximate surface area is 106 Å². The number of amides is 1. The number of carboxylic acid groups (broad SMARTS) is 1. The number of fused-ring (bicyclic) bond motifs is 1. The molecule has 0 fully saturated rings. The molecule has 1 amide bonds. The molecule has 1 atom stereocenters. The molecule has 19 heavy (non-hydrogen) atoms. The summed E-state index contributed by atoms with van der Waals surface area (Å²) in [7, 11) is 0. The second kappa shape index (κ2) is 4.98. The molecular formula is C10H11N5O4. The first-order chi connectivity index (χ1) is 9.02. The first-order valence-electron chi connectivity index (χ1n) is 5.36. The predicted octanol–water partition coefficient (Wildman–Crippen LogP) is -1.39. The summed E-state index contributed by atoms with van der Waals surface area (Å²) in [6, 6.07) is 0.296. The maximum absolute atomic E-state index is 11.7. The first-order valence-corrected chi connectivity index (χ1v) is 5.36. The Hall–Kier alpha value is -2.55. The number of carbonyl (C=O) groups excluding carboxylic acids is 1. The van der Waals surface area contributed by atoms with E-state index in [4.69, 9.17) is 10.2 Å². The van der Waals surface area contributed by atoms with E-state index in [1.54, 1.807) is 13.0 Å². The highest BCUT2D eigenvalue weighted by atomic mass is 16.4. The monoisotopic (exact) mass is 265 g/mol. The summed E-state index contributed by atoms with van der Waals surface area (Å²) in [6.07, 6.45) is 1.52. The van der Waals surface area contributed by atoms with Crippen molar-refractivity contribution in [1.82, 2.24) is 24.9 Å². The molecule has 0 radical (unpaired) electrons. The van der Waals surface area contributed by atoms with Gasteiger partial charge in [-0.25, -0.2) is 14.3 Å². The minimum absolute atomic E-state index is 0.207. The number of aliphatic hydroxyl groups excluding tert-OH is 1. The van der Waals surface area contributed by atoms with Crippen molar-refractivity contribution < 1.29 is 19.8 Å². The van der Waals surface area contributed by atoms with E-state index in [0.717, 1.165) is 5.69 Å². The number of aryl methyl sites for hydroxylation is 1. The molecule has 1 unspecified atom stereocenters. The molecule has 2 aromatic rings. The maximum Gasteiger partial charge on any atom is 0.328 e. The van der Waals surface area contributed by atoms with Gasteiger partial charge in [-0.3, -0.25) is 4.79 Å². The van der Waals surface area contributed by atoms with E-state index in [9.17, 15) is 9.59 Å². The fraction of sp³-hybridized carbons (Fsp3) is 0.300. The van der Waals surface area contributed by atoms with Crippen molar-refractivity contribution in [2.45, 2.75) is 13.0 Å². The molecule has 0 aliphatic heterocycles. The zero-order chi connectivity index (χ0) is 14.0. The molecular weight excluding hydrogens is 254 g/mol. The quantitative estimate of drug-likeness (QED) is 0.620. The zero-order valence-electron chi connectivity index (χ0n) is 9.94. The lowest BCUT2D eigenvalue weighted by molar-refractivity contribution is -0.140. The van der Waals surface area contributed by atoms with Crippen LogP contribution in [0.25, 0.3) is 5.78 Å². The number of rotatable bonds is 4. The number of aliphatic hydroxyl groups is 1. The minimum Gasteiger partial charge on any atom is -0.480 e. The number of aliphatic carboxylic acids is 1. The summed E-state index contributed by atoms with van der Waals surface area (Å²) >= 11 is 0. The van der Waals surface area contributed by atoms with Gasteiger partial charge >= 0.3 is 5.97 Å². The van der Waals surface area contributed by atoms with Gasteiger partial charge < -0.3 is 15.5 Å². The molecule has 0 saturated carbocycles. The highest BCUT2D eigenvalue weighted by Crippen LogP contribution is 2.02. The predicted molar refractivity (Wildman–Crippen MR) is 61.5 cm³/mol. The summed E-state index contributed by atoms with van der Waals surface area (Å²) in [5.74, 6) is -2.09. The second-order valence-electron chi connectivity index (χ2n) is 3.78. The zero-order valence-corrected chi connectivity index (χ0v) is 9.94. The average Bonchev–Trinajstić information content (AvgIpc) is 2.80. The van der Waals surface area contributed by atoms with Crippen LogP contribution < -0.4 is 5.32 Å². The van der Waals surface area contributed by atoms with E-state index in [2.05, 4.69) is 20.4 Å². The molecule has 0 bridgehead atoms. The number of hydrogen-bond donors (Lipinski definition) is 3. The number of nitrogens with one attached hydrogen (secondary N) is 1. The van der Waals surface area contributed by atoms with Crippen LogP contribution >= 0.6 is 0 Å². The third-order valence-electron chi connectivity index (χ3n) is 2.42. The SMILES string of the molecule is Cc1ccnc2nc(C(=O)NC(CO)C(=O)O)nn12. The number of aromatic nitrogens is 4. The molecule has 0 saturated heterocycles. The van der Waals surface area contributed by atoms with Crippen LogP contribution in [0.2, 0.25) is 0 Å². The Morgan fingerprint density at radius 1 is 1.53 bits per heavy atom. The second-order valence-corrected chi connectivity index (χ2v) is 3.78. The van der Waals surface area contributed by atoms with Crippen LogP contribution in [-0.2, 0) is 4.79 Å². The summed E-state index contributed by atoms with van der Waals surface area (Å²) in [6.45, 7) is 1.05. The Balaban J connectivity index is 2.27. The van der Waals surface area contributed by atoms with Crippen molar-refractivity contribution in [2.24, 2.45) is 0 Å². The summed E-state index contributed by atoms with van der Waals surface area (Å²) in [5, 5.41) is 23.6. The van der Waals surface area contributed by atoms with Gasteiger partial charge in [-0.15, -0.1) is 5.10 Å². The van der Waals surface area contributed by atoms with Crippen molar-refractivity contribution in [2.75, 3.05) is 6.61 Å². The van der Waals surface area contributed by atoms with Gasteiger partial charge in [0, 0.05) is 11.9 Å². The Kier molecular flexibility index (Phi) is 3.38. The van der Waals surface area contributed by atoms with Crippen molar-refractivity contribution >= 4 is 17.7 Å². The van der Waals surface area contributed by atoms with Gasteiger partial charge in [-0.05, 0) is 13.0 Å². The molecule has 100 valence electrons. The lowest BCUT2D eigenvalue weighted by Gasteiger charge is -2.09. The Morgan fingerprint density at radius 3 is 2.84 bits per heavy atom. The molecule has 0 aliphatic carbocycles. The smallest absolute Gasteiger partial charge is 0.328 e. The highest BCUT2D eigenvalue weighted by Gasteiger charge is 2.22. The molecule has 3 N–H and O–H groups in total. The van der Waals surface area contributed by atoms with Gasteiger partial charge in [0.25, 0.3) is 11.7 Å². The van der Waals surface area contributed by atoms with Gasteiger partial charge in [-0.2, -0.15) is 4.98 Å². The molecule has 2 aromatic heterocycles. The lowest BCUT2D eigenvalue weighted by Crippen LogP contribution is -2.43. The van der Waals surface area contributed by atoms with Gasteiger partial charge in [0.05, 0.1) is 6.61 Å². The van der Waals surface area contributed by atoms with Gasteiger partial charge in [0.2, 0.25) is 5.82 Å². The molecule has 0 aromatic carbocycles. The van der Waals surface area contributed by atoms with Crippen molar-refractivity contribution in [3.8, 4) is 0 Å². The van der Waals surface area contributed by atoms with Gasteiger partial charge in [0.15, 0.2) is 6.04 Å². The van der Waals surface area contributed by atoms with Gasteiger partial charge in [-0.1, -0.05) is 0 Å². The summed E-state index contributed by atoms with van der Waals surface area (Å²) in [4.78, 5) is 30.2. The topological polar surface area (TPSA) is 130 Å². The summed E-state index contributed by atoms with van der Waals surface area (Å²) in [5.41, 5.74) is 0.730. The molecule has 9 nitrogen and oxygen atoms in total. The number of carboxylic acids is 1. The molecule has 0 spiro atoms. The van der Waals surface area contributed by atoms with Crippen molar-refractivity contribution in [1.29, 1.82) is 0 Å². The van der Waals surface area contributed by atoms with Crippen LogP contribution in [0.4, 0.5) is 0 Å². The molecule has 2 rings (SSSR count). The number of hydrogen-bond acceptors (Lipinski definition) is 6. The van der Waals surface area contributed by atoms with E-state index in [1.807, 2.05) is 0 Å². The van der Waals surface area contributed by atoms with E-state index in [-0.39, 0.29) is 11.6 Å². The first kappa shape index (κ1) is 12.9. The van der Waals surface area contributed by atoms with E-state index in [0.29, 0.717) is 0 Å². The lowest BCUT2D eigenvalue weighted by atomic mass is 10.3. The van der Waals surface area contributed by atoms with Crippen molar-refractivity contribution in [3.05, 3.63) is 23.8 Å². The van der Waals surface area contributed by atoms with Crippen LogP contribution in [-0.4, -0.2) is 54.3 Å². The maximum atomic E-state index is 11.7. The minimum atomic E-state index is -1.40. The fourth-order valence-corrected chi connectivity index (χ4v) is 1.41. The van der Waals surface area contributed by atoms with E-state index < -0.39 is 24.5 Å². The van der Waals surface area contributed by atoms with Crippen LogP contribution in [0.5, 0.6) is 0 Å². The van der Waals surface area contributed by atoms with Crippen LogP contribution in [0, 0.1) is 6.92 Å². The van der Waals surface area contributed by atoms with Gasteiger partial charge in [0.1, 0.15) is 0 Å². The normalized spacial score (nSPS) is 12.3. The molecule has 2 heterocycles. The van der Waals surface area contributed by atoms with E-state index >= 15 is 0 Å². The van der Waals surface area contributed by atoms with Crippen molar-refractivity contribution in [3.63, 3.8) is 0 Å². The van der Waals surface area contributed by atoms with Crippen LogP contribution in [0.15, 0.2) is 12.3 Å². The van der Waals surface area contributed by atoms with Crippen LogP contribution in [0.1, 0.15) is 16.3 Å². The average molecular weight is 265 g/mol.